The minimum absolute atomic E-state index is 0. The Morgan fingerprint density at radius 3 is 2.49 bits per heavy atom. The zero-order chi connectivity index (χ0) is 25.6. The van der Waals surface area contributed by atoms with Gasteiger partial charge in [0.15, 0.2) is 5.60 Å². The highest BCUT2D eigenvalue weighted by Gasteiger charge is 2.40. The summed E-state index contributed by atoms with van der Waals surface area (Å²) in [6, 6.07) is 13.2. The first-order valence-corrected chi connectivity index (χ1v) is 13.0. The molecule has 0 saturated carbocycles. The third-order valence-corrected chi connectivity index (χ3v) is 8.02. The number of anilines is 1. The first-order chi connectivity index (χ1) is 17.1. The molecule has 37 heavy (non-hydrogen) atoms. The Morgan fingerprint density at radius 2 is 1.81 bits per heavy atom. The molecular weight excluding hydrogens is 531 g/mol. The molecule has 1 amide bonds. The van der Waals surface area contributed by atoms with Crippen molar-refractivity contribution >= 4 is 59.1 Å². The van der Waals surface area contributed by atoms with Crippen LogP contribution in [0.4, 0.5) is 5.69 Å². The van der Waals surface area contributed by atoms with Crippen molar-refractivity contribution in [1.29, 1.82) is 0 Å². The Morgan fingerprint density at radius 1 is 1.11 bits per heavy atom. The van der Waals surface area contributed by atoms with Gasteiger partial charge in [0, 0.05) is 56.2 Å². The van der Waals surface area contributed by atoms with Gasteiger partial charge in [0.1, 0.15) is 0 Å². The van der Waals surface area contributed by atoms with Crippen LogP contribution in [0, 0.1) is 0 Å². The number of hydrogen-bond donors (Lipinski definition) is 2. The number of nitrogens with one attached hydrogen (secondary N) is 1. The molecule has 1 atom stereocenters. The topological polar surface area (TPSA) is 77.8 Å². The second kappa shape index (κ2) is 10.9. The molecular formula is C27H32Cl2N4O3S. The van der Waals surface area contributed by atoms with Gasteiger partial charge in [-0.15, -0.1) is 0 Å². The van der Waals surface area contributed by atoms with Gasteiger partial charge in [0.2, 0.25) is 0 Å². The number of halogens is 2. The molecule has 0 radical (unpaired) electrons. The predicted octanol–water partition coefficient (Wildman–Crippen LogP) is 3.95. The number of carbonyl (C=O) groups is 1. The summed E-state index contributed by atoms with van der Waals surface area (Å²) >= 11 is 12.5. The Hall–Kier alpha value is -2.23. The summed E-state index contributed by atoms with van der Waals surface area (Å²) in [7, 11) is 1.72. The molecule has 0 unspecified atom stereocenters. The molecule has 2 saturated heterocycles. The normalized spacial score (nSPS) is 18.7. The maximum absolute atomic E-state index is 13.1. The monoisotopic (exact) mass is 562 g/mol. The third-order valence-electron chi connectivity index (χ3n) is 7.48. The lowest BCUT2D eigenvalue weighted by Crippen LogP contribution is -2.61. The van der Waals surface area contributed by atoms with Crippen molar-refractivity contribution in [2.75, 3.05) is 31.5 Å². The fraction of sp³-hybridized carbons (Fsp3) is 0.407. The SMILES string of the molecule is Cn1ccc2cc(NC3CN(C4CCN(C(=O)[C@@](C)(O)c5cccc(Cl)c5)CC4)C3)cc(Cl)c2c1=O.S. The first-order valence-electron chi connectivity index (χ1n) is 12.2. The zero-order valence-electron chi connectivity index (χ0n) is 20.9. The van der Waals surface area contributed by atoms with Crippen molar-refractivity contribution in [3.8, 4) is 0 Å². The van der Waals surface area contributed by atoms with E-state index in [4.69, 9.17) is 23.2 Å². The van der Waals surface area contributed by atoms with Crippen molar-refractivity contribution < 1.29 is 9.90 Å². The molecule has 2 aliphatic rings. The quantitative estimate of drug-likeness (QED) is 0.492. The van der Waals surface area contributed by atoms with Gasteiger partial charge in [0.05, 0.1) is 16.5 Å². The van der Waals surface area contributed by atoms with E-state index in [2.05, 4.69) is 10.2 Å². The summed E-state index contributed by atoms with van der Waals surface area (Å²) in [4.78, 5) is 29.7. The summed E-state index contributed by atoms with van der Waals surface area (Å²) in [5.41, 5.74) is -0.283. The number of aromatic nitrogens is 1. The predicted molar refractivity (Wildman–Crippen MR) is 154 cm³/mol. The molecule has 2 aromatic carbocycles. The zero-order valence-corrected chi connectivity index (χ0v) is 23.4. The molecule has 3 aromatic rings. The number of fused-ring (bicyclic) bond motifs is 1. The lowest BCUT2D eigenvalue weighted by Gasteiger charge is -2.48. The summed E-state index contributed by atoms with van der Waals surface area (Å²) in [5, 5.41) is 16.8. The van der Waals surface area contributed by atoms with Gasteiger partial charge in [-0.05, 0) is 61.0 Å². The summed E-state index contributed by atoms with van der Waals surface area (Å²) in [5.74, 6) is -0.283. The molecule has 198 valence electrons. The van der Waals surface area contributed by atoms with E-state index in [1.807, 2.05) is 18.2 Å². The average molecular weight is 564 g/mol. The number of rotatable bonds is 5. The molecule has 0 bridgehead atoms. The van der Waals surface area contributed by atoms with E-state index in [1.165, 1.54) is 11.5 Å². The van der Waals surface area contributed by atoms with Crippen LogP contribution in [-0.4, -0.2) is 63.6 Å². The maximum atomic E-state index is 13.1. The summed E-state index contributed by atoms with van der Waals surface area (Å²) in [6.45, 7) is 4.58. The lowest BCUT2D eigenvalue weighted by atomic mass is 9.92. The standard InChI is InChI=1S/C27H30Cl2N4O3.H2S/c1-27(36,18-4-3-5-19(28)13-18)26(35)32-10-7-22(8-11-32)33-15-21(16-33)30-20-12-17-6-9-31(2)25(34)24(17)23(29)14-20;/h3-6,9,12-14,21-22,30,36H,7-8,10-11,15-16H2,1-2H3;1H2/t27-;/m0./s1. The molecule has 7 nitrogen and oxygen atoms in total. The Bertz CT molecular complexity index is 1370. The molecule has 5 rings (SSSR count). The average Bonchev–Trinajstić information content (AvgIpc) is 2.83. The fourth-order valence-corrected chi connectivity index (χ4v) is 5.80. The van der Waals surface area contributed by atoms with E-state index in [1.54, 1.807) is 42.4 Å². The van der Waals surface area contributed by atoms with Crippen molar-refractivity contribution in [1.82, 2.24) is 14.4 Å². The van der Waals surface area contributed by atoms with E-state index in [9.17, 15) is 14.7 Å². The van der Waals surface area contributed by atoms with Gasteiger partial charge in [-0.2, -0.15) is 13.5 Å². The fourth-order valence-electron chi connectivity index (χ4n) is 5.30. The third kappa shape index (κ3) is 5.49. The number of nitrogens with zero attached hydrogens (tertiary/aromatic N) is 3. The number of aryl methyl sites for hydroxylation is 1. The van der Waals surface area contributed by atoms with Gasteiger partial charge in [-0.1, -0.05) is 35.3 Å². The van der Waals surface area contributed by atoms with Gasteiger partial charge in [-0.3, -0.25) is 14.5 Å². The highest BCUT2D eigenvalue weighted by Crippen LogP contribution is 2.30. The first kappa shape index (κ1) is 27.8. The van der Waals surface area contributed by atoms with Crippen LogP contribution >= 0.6 is 36.7 Å². The van der Waals surface area contributed by atoms with E-state index in [0.717, 1.165) is 37.0 Å². The van der Waals surface area contributed by atoms with Gasteiger partial charge < -0.3 is 19.9 Å². The molecule has 1 aromatic heterocycles. The molecule has 2 N–H and O–H groups in total. The van der Waals surface area contributed by atoms with Crippen molar-refractivity contribution in [3.05, 3.63) is 74.6 Å². The number of amides is 1. The Labute approximate surface area is 233 Å². The smallest absolute Gasteiger partial charge is 0.259 e. The molecule has 0 spiro atoms. The van der Waals surface area contributed by atoms with Crippen LogP contribution in [0.15, 0.2) is 53.5 Å². The molecule has 3 heterocycles. The van der Waals surface area contributed by atoms with Crippen molar-refractivity contribution in [3.63, 3.8) is 0 Å². The van der Waals surface area contributed by atoms with Gasteiger partial charge in [0.25, 0.3) is 11.5 Å². The minimum atomic E-state index is -1.60. The lowest BCUT2D eigenvalue weighted by molar-refractivity contribution is -0.152. The molecule has 2 aliphatic heterocycles. The minimum Gasteiger partial charge on any atom is -0.380 e. The molecule has 2 fully saturated rings. The summed E-state index contributed by atoms with van der Waals surface area (Å²) < 4.78 is 1.53. The maximum Gasteiger partial charge on any atom is 0.259 e. The van der Waals surface area contributed by atoms with Crippen LogP contribution in [0.3, 0.4) is 0 Å². The van der Waals surface area contributed by atoms with E-state index >= 15 is 0 Å². The summed E-state index contributed by atoms with van der Waals surface area (Å²) in [6.07, 6.45) is 3.49. The second-order valence-electron chi connectivity index (χ2n) is 10.1. The number of benzene rings is 2. The molecule has 0 aliphatic carbocycles. The van der Waals surface area contributed by atoms with Crippen LogP contribution in [0.2, 0.25) is 10.0 Å². The highest BCUT2D eigenvalue weighted by molar-refractivity contribution is 7.59. The van der Waals surface area contributed by atoms with Crippen molar-refractivity contribution in [2.45, 2.75) is 37.5 Å². The van der Waals surface area contributed by atoms with Crippen LogP contribution in [0.25, 0.3) is 10.8 Å². The molecule has 10 heteroatoms. The van der Waals surface area contributed by atoms with E-state index in [0.29, 0.717) is 46.2 Å². The van der Waals surface area contributed by atoms with Gasteiger partial charge >= 0.3 is 0 Å². The Kier molecular flexibility index (Phi) is 8.16. The van der Waals surface area contributed by atoms with Crippen LogP contribution in [-0.2, 0) is 17.4 Å². The van der Waals surface area contributed by atoms with Crippen molar-refractivity contribution in [2.24, 2.45) is 7.05 Å². The van der Waals surface area contributed by atoms with Gasteiger partial charge in [-0.25, -0.2) is 0 Å². The number of aliphatic hydroxyl groups is 1. The van der Waals surface area contributed by atoms with Crippen LogP contribution in [0.1, 0.15) is 25.3 Å². The van der Waals surface area contributed by atoms with Crippen LogP contribution < -0.4 is 10.9 Å². The largest absolute Gasteiger partial charge is 0.380 e. The second-order valence-corrected chi connectivity index (χ2v) is 10.9. The number of hydrogen-bond acceptors (Lipinski definition) is 5. The number of pyridine rings is 1. The van der Waals surface area contributed by atoms with E-state index < -0.39 is 5.60 Å². The number of piperidine rings is 1. The number of carbonyl (C=O) groups excluding carboxylic acids is 1. The number of likely N-dealkylation sites (tertiary alicyclic amines) is 2. The van der Waals surface area contributed by atoms with Crippen LogP contribution in [0.5, 0.6) is 0 Å². The van der Waals surface area contributed by atoms with E-state index in [-0.39, 0.29) is 25.0 Å². The highest BCUT2D eigenvalue weighted by atomic mass is 35.5. The Balaban J connectivity index is 0.00000320.